The summed E-state index contributed by atoms with van der Waals surface area (Å²) in [6.45, 7) is 1.06. The molecule has 1 heterocycles. The third-order valence-electron chi connectivity index (χ3n) is 5.09. The number of pyridine rings is 1. The van der Waals surface area contributed by atoms with Gasteiger partial charge >= 0.3 is 6.18 Å². The highest BCUT2D eigenvalue weighted by Crippen LogP contribution is 2.44. The van der Waals surface area contributed by atoms with E-state index in [1.807, 2.05) is 18.2 Å². The van der Waals surface area contributed by atoms with Crippen LogP contribution in [0.4, 0.5) is 13.2 Å². The van der Waals surface area contributed by atoms with E-state index >= 15 is 0 Å². The molecule has 2 N–H and O–H groups in total. The van der Waals surface area contributed by atoms with Crippen molar-refractivity contribution in [1.29, 1.82) is 0 Å². The van der Waals surface area contributed by atoms with Gasteiger partial charge in [-0.25, -0.2) is 0 Å². The molecule has 0 unspecified atom stereocenters. The maximum absolute atomic E-state index is 13.1. The molecule has 0 atom stereocenters. The molecule has 1 aliphatic carbocycles. The van der Waals surface area contributed by atoms with Gasteiger partial charge in [0.05, 0.1) is 17.8 Å². The molecular formula is C20H23F3N4. The molecule has 7 heteroatoms. The van der Waals surface area contributed by atoms with Crippen molar-refractivity contribution in [2.45, 2.75) is 37.4 Å². The number of aromatic nitrogens is 1. The highest BCUT2D eigenvalue weighted by atomic mass is 19.4. The largest absolute Gasteiger partial charge is 0.416 e. The van der Waals surface area contributed by atoms with E-state index in [1.54, 1.807) is 19.3 Å². The highest BCUT2D eigenvalue weighted by molar-refractivity contribution is 5.79. The molecule has 27 heavy (non-hydrogen) atoms. The molecule has 1 aromatic heterocycles. The van der Waals surface area contributed by atoms with Gasteiger partial charge in [-0.1, -0.05) is 30.7 Å². The molecule has 144 valence electrons. The Balaban J connectivity index is 1.66. The fraction of sp³-hybridized carbons (Fsp3) is 0.400. The summed E-state index contributed by atoms with van der Waals surface area (Å²) in [4.78, 5) is 8.45. The number of guanidine groups is 1. The molecule has 1 saturated carbocycles. The molecule has 0 saturated heterocycles. The molecule has 3 rings (SSSR count). The average molecular weight is 376 g/mol. The highest BCUT2D eigenvalue weighted by Gasteiger charge is 2.40. The second kappa shape index (κ2) is 7.98. The van der Waals surface area contributed by atoms with Crippen molar-refractivity contribution in [3.05, 3.63) is 65.5 Å². The van der Waals surface area contributed by atoms with Crippen LogP contribution in [0.3, 0.4) is 0 Å². The maximum atomic E-state index is 13.1. The van der Waals surface area contributed by atoms with Crippen LogP contribution in [0.15, 0.2) is 53.7 Å². The number of alkyl halides is 3. The number of aliphatic imine (C=N–C) groups is 1. The van der Waals surface area contributed by atoms with E-state index in [4.69, 9.17) is 0 Å². The van der Waals surface area contributed by atoms with Crippen molar-refractivity contribution in [2.75, 3.05) is 13.6 Å². The monoisotopic (exact) mass is 376 g/mol. The standard InChI is InChI=1S/C20H23F3N4/c1-24-18(26-13-17-8-2-3-11-25-17)27-14-19(9-5-10-19)15-6-4-7-16(12-15)20(21,22)23/h2-4,6-8,11-12H,5,9-10,13-14H2,1H3,(H2,24,26,27). The Morgan fingerprint density at radius 1 is 1.15 bits per heavy atom. The van der Waals surface area contributed by atoms with E-state index in [0.29, 0.717) is 19.0 Å². The van der Waals surface area contributed by atoms with E-state index in [0.717, 1.165) is 36.6 Å². The van der Waals surface area contributed by atoms with Gasteiger partial charge in [-0.2, -0.15) is 13.2 Å². The summed E-state index contributed by atoms with van der Waals surface area (Å²) < 4.78 is 39.2. The van der Waals surface area contributed by atoms with Gasteiger partial charge < -0.3 is 10.6 Å². The van der Waals surface area contributed by atoms with Gasteiger partial charge in [0.1, 0.15) is 0 Å². The number of nitrogens with one attached hydrogen (secondary N) is 2. The summed E-state index contributed by atoms with van der Waals surface area (Å²) in [5.41, 5.74) is 0.737. The number of benzene rings is 1. The van der Waals surface area contributed by atoms with Crippen LogP contribution in [0, 0.1) is 0 Å². The third kappa shape index (κ3) is 4.59. The first-order chi connectivity index (χ1) is 12.9. The second-order valence-corrected chi connectivity index (χ2v) is 6.81. The zero-order valence-corrected chi connectivity index (χ0v) is 15.2. The first-order valence-corrected chi connectivity index (χ1v) is 8.95. The summed E-state index contributed by atoms with van der Waals surface area (Å²) >= 11 is 0. The topological polar surface area (TPSA) is 49.3 Å². The van der Waals surface area contributed by atoms with E-state index < -0.39 is 11.7 Å². The summed E-state index contributed by atoms with van der Waals surface area (Å²) in [7, 11) is 1.67. The zero-order chi connectivity index (χ0) is 19.3. The van der Waals surface area contributed by atoms with Crippen LogP contribution in [-0.2, 0) is 18.1 Å². The molecular weight excluding hydrogens is 353 g/mol. The van der Waals surface area contributed by atoms with E-state index in [2.05, 4.69) is 20.6 Å². The summed E-state index contributed by atoms with van der Waals surface area (Å²) in [5, 5.41) is 6.46. The second-order valence-electron chi connectivity index (χ2n) is 6.81. The Morgan fingerprint density at radius 3 is 2.56 bits per heavy atom. The average Bonchev–Trinajstić information content (AvgIpc) is 2.63. The first-order valence-electron chi connectivity index (χ1n) is 8.95. The van der Waals surface area contributed by atoms with Crippen LogP contribution < -0.4 is 10.6 Å². The number of nitrogens with zero attached hydrogens (tertiary/aromatic N) is 2. The van der Waals surface area contributed by atoms with Crippen LogP contribution in [0.2, 0.25) is 0 Å². The van der Waals surface area contributed by atoms with Crippen molar-refractivity contribution in [3.8, 4) is 0 Å². The van der Waals surface area contributed by atoms with Gasteiger partial charge in [-0.05, 0) is 36.6 Å². The summed E-state index contributed by atoms with van der Waals surface area (Å²) in [6.07, 6.45) is 0.133. The molecule has 0 bridgehead atoms. The predicted octanol–water partition coefficient (Wildman–Crippen LogP) is 3.89. The molecule has 0 aliphatic heterocycles. The Labute approximate surface area is 156 Å². The van der Waals surface area contributed by atoms with Crippen LogP contribution in [-0.4, -0.2) is 24.5 Å². The Hall–Kier alpha value is -2.57. The minimum absolute atomic E-state index is 0.288. The minimum atomic E-state index is -4.32. The fourth-order valence-electron chi connectivity index (χ4n) is 3.35. The number of hydrogen-bond acceptors (Lipinski definition) is 2. The van der Waals surface area contributed by atoms with E-state index in [1.165, 1.54) is 12.1 Å². The van der Waals surface area contributed by atoms with Gasteiger partial charge in [0.15, 0.2) is 5.96 Å². The Morgan fingerprint density at radius 2 is 1.96 bits per heavy atom. The van der Waals surface area contributed by atoms with E-state index in [9.17, 15) is 13.2 Å². The third-order valence-corrected chi connectivity index (χ3v) is 5.09. The van der Waals surface area contributed by atoms with Gasteiger partial charge in [0.25, 0.3) is 0 Å². The fourth-order valence-corrected chi connectivity index (χ4v) is 3.35. The molecule has 0 spiro atoms. The van der Waals surface area contributed by atoms with Gasteiger partial charge in [-0.15, -0.1) is 0 Å². The number of rotatable bonds is 5. The van der Waals surface area contributed by atoms with E-state index in [-0.39, 0.29) is 5.41 Å². The van der Waals surface area contributed by atoms with Crippen LogP contribution in [0.1, 0.15) is 36.1 Å². The zero-order valence-electron chi connectivity index (χ0n) is 15.2. The lowest BCUT2D eigenvalue weighted by Crippen LogP contribution is -2.48. The quantitative estimate of drug-likeness (QED) is 0.615. The lowest BCUT2D eigenvalue weighted by Gasteiger charge is -2.43. The SMILES string of the molecule is CN=C(NCc1ccccn1)NCC1(c2cccc(C(F)(F)F)c2)CCC1. The van der Waals surface area contributed by atoms with Gasteiger partial charge in [-0.3, -0.25) is 9.98 Å². The Kier molecular flexibility index (Phi) is 5.68. The Bertz CT molecular complexity index is 783. The van der Waals surface area contributed by atoms with Crippen molar-refractivity contribution in [2.24, 2.45) is 4.99 Å². The minimum Gasteiger partial charge on any atom is -0.356 e. The molecule has 4 nitrogen and oxygen atoms in total. The van der Waals surface area contributed by atoms with Crippen molar-refractivity contribution in [3.63, 3.8) is 0 Å². The van der Waals surface area contributed by atoms with Crippen LogP contribution in [0.25, 0.3) is 0 Å². The normalized spacial score (nSPS) is 16.5. The maximum Gasteiger partial charge on any atom is 0.416 e. The summed E-state index contributed by atoms with van der Waals surface area (Å²) in [5.74, 6) is 0.610. The first kappa shape index (κ1) is 19.2. The lowest BCUT2D eigenvalue weighted by molar-refractivity contribution is -0.137. The van der Waals surface area contributed by atoms with Crippen LogP contribution in [0.5, 0.6) is 0 Å². The number of hydrogen-bond donors (Lipinski definition) is 2. The van der Waals surface area contributed by atoms with Crippen molar-refractivity contribution in [1.82, 2.24) is 15.6 Å². The number of halogens is 3. The molecule has 1 fully saturated rings. The molecule has 0 radical (unpaired) electrons. The molecule has 2 aromatic rings. The smallest absolute Gasteiger partial charge is 0.356 e. The lowest BCUT2D eigenvalue weighted by atomic mass is 9.64. The summed E-state index contributed by atoms with van der Waals surface area (Å²) in [6, 6.07) is 11.4. The predicted molar refractivity (Wildman–Crippen MR) is 99.4 cm³/mol. The molecule has 1 aromatic carbocycles. The van der Waals surface area contributed by atoms with Gasteiger partial charge in [0.2, 0.25) is 0 Å². The molecule has 1 aliphatic rings. The molecule has 0 amide bonds. The van der Waals surface area contributed by atoms with Gasteiger partial charge in [0, 0.05) is 25.2 Å². The van der Waals surface area contributed by atoms with Crippen LogP contribution >= 0.6 is 0 Å². The van der Waals surface area contributed by atoms with Crippen molar-refractivity contribution < 1.29 is 13.2 Å². The van der Waals surface area contributed by atoms with Crippen molar-refractivity contribution >= 4 is 5.96 Å².